The highest BCUT2D eigenvalue weighted by atomic mass is 35.5. The van der Waals surface area contributed by atoms with Gasteiger partial charge in [-0.1, -0.05) is 13.8 Å². The summed E-state index contributed by atoms with van der Waals surface area (Å²) in [5.41, 5.74) is 7.17. The molecule has 0 amide bonds. The minimum Gasteiger partial charge on any atom is -0.394 e. The zero-order valence-corrected chi connectivity index (χ0v) is 12.1. The summed E-state index contributed by atoms with van der Waals surface area (Å²) in [4.78, 5) is 10.5. The number of nitrogens with one attached hydrogen (secondary N) is 1. The van der Waals surface area contributed by atoms with Crippen molar-refractivity contribution in [2.24, 2.45) is 0 Å². The second-order valence-electron chi connectivity index (χ2n) is 4.20. The first-order valence-corrected chi connectivity index (χ1v) is 6.72. The molecule has 1 aromatic rings. The van der Waals surface area contributed by atoms with E-state index in [-0.39, 0.29) is 5.28 Å². The van der Waals surface area contributed by atoms with E-state index in [0.29, 0.717) is 17.2 Å². The van der Waals surface area contributed by atoms with Crippen molar-refractivity contribution in [3.05, 3.63) is 11.0 Å². The predicted molar refractivity (Wildman–Crippen MR) is 77.1 cm³/mol. The third-order valence-electron chi connectivity index (χ3n) is 2.82. The summed E-state index contributed by atoms with van der Waals surface area (Å²) in [6.45, 7) is 10.1. The normalized spacial score (nSPS) is 10.9. The van der Waals surface area contributed by atoms with Crippen molar-refractivity contribution in [2.75, 3.05) is 37.2 Å². The molecule has 6 heteroatoms. The quantitative estimate of drug-likeness (QED) is 0.744. The lowest BCUT2D eigenvalue weighted by molar-refractivity contribution is 0.300. The van der Waals surface area contributed by atoms with E-state index in [1.54, 1.807) is 0 Å². The molecule has 0 aliphatic heterocycles. The number of aryl methyl sites for hydroxylation is 1. The van der Waals surface area contributed by atoms with E-state index in [9.17, 15) is 0 Å². The highest BCUT2D eigenvalue weighted by Crippen LogP contribution is 2.20. The van der Waals surface area contributed by atoms with Gasteiger partial charge in [0.25, 0.3) is 0 Å². The van der Waals surface area contributed by atoms with E-state index in [0.717, 1.165) is 32.6 Å². The number of likely N-dealkylation sites (N-methyl/N-ethyl adjacent to an activating group) is 1. The summed E-state index contributed by atoms with van der Waals surface area (Å²) >= 11 is 5.81. The van der Waals surface area contributed by atoms with Gasteiger partial charge in [0.05, 0.1) is 11.4 Å². The molecule has 0 fully saturated rings. The van der Waals surface area contributed by atoms with E-state index in [1.807, 2.05) is 6.92 Å². The van der Waals surface area contributed by atoms with Crippen LogP contribution >= 0.6 is 11.6 Å². The molecule has 1 aromatic heterocycles. The topological polar surface area (TPSA) is 67.1 Å². The van der Waals surface area contributed by atoms with Gasteiger partial charge in [0, 0.05) is 13.1 Å². The summed E-state index contributed by atoms with van der Waals surface area (Å²) < 4.78 is 0. The number of nitrogens with two attached hydrogens (primary N) is 1. The van der Waals surface area contributed by atoms with Crippen LogP contribution in [0, 0.1) is 6.92 Å². The van der Waals surface area contributed by atoms with E-state index in [1.165, 1.54) is 0 Å². The average Bonchev–Trinajstić information content (AvgIpc) is 2.33. The van der Waals surface area contributed by atoms with Gasteiger partial charge >= 0.3 is 0 Å². The molecule has 0 aliphatic carbocycles. The van der Waals surface area contributed by atoms with Gasteiger partial charge in [0.1, 0.15) is 0 Å². The highest BCUT2D eigenvalue weighted by Gasteiger charge is 2.07. The molecule has 5 nitrogen and oxygen atoms in total. The van der Waals surface area contributed by atoms with Crippen molar-refractivity contribution in [3.63, 3.8) is 0 Å². The Morgan fingerprint density at radius 3 is 2.61 bits per heavy atom. The third-order valence-corrected chi connectivity index (χ3v) is 2.99. The van der Waals surface area contributed by atoms with Crippen LogP contribution in [0.25, 0.3) is 0 Å². The fourth-order valence-corrected chi connectivity index (χ4v) is 1.97. The van der Waals surface area contributed by atoms with Crippen LogP contribution in [-0.2, 0) is 0 Å². The maximum Gasteiger partial charge on any atom is 0.224 e. The lowest BCUT2D eigenvalue weighted by Gasteiger charge is -2.20. The van der Waals surface area contributed by atoms with Gasteiger partial charge in [0.2, 0.25) is 5.28 Å². The molecule has 0 aliphatic rings. The molecule has 0 aromatic carbocycles. The van der Waals surface area contributed by atoms with Crippen molar-refractivity contribution >= 4 is 23.1 Å². The Kier molecular flexibility index (Phi) is 6.15. The number of hydrogen-bond donors (Lipinski definition) is 2. The molecule has 1 rings (SSSR count). The second-order valence-corrected chi connectivity index (χ2v) is 4.54. The summed E-state index contributed by atoms with van der Waals surface area (Å²) in [5, 5.41) is 3.44. The Hall–Kier alpha value is -1.07. The maximum absolute atomic E-state index is 5.90. The zero-order valence-electron chi connectivity index (χ0n) is 11.3. The lowest BCUT2D eigenvalue weighted by Crippen LogP contribution is -2.30. The fraction of sp³-hybridized carbons (Fsp3) is 0.667. The molecule has 18 heavy (non-hydrogen) atoms. The molecule has 0 spiro atoms. The van der Waals surface area contributed by atoms with Crippen molar-refractivity contribution in [1.29, 1.82) is 0 Å². The minimum absolute atomic E-state index is 0.227. The van der Waals surface area contributed by atoms with Gasteiger partial charge in [0.15, 0.2) is 5.82 Å². The maximum atomic E-state index is 5.90. The number of nitrogen functional groups attached to an aromatic ring is 1. The molecule has 0 atom stereocenters. The largest absolute Gasteiger partial charge is 0.394 e. The Labute approximate surface area is 114 Å². The average molecular weight is 272 g/mol. The predicted octanol–water partition coefficient (Wildman–Crippen LogP) is 2.16. The third kappa shape index (κ3) is 4.31. The van der Waals surface area contributed by atoms with E-state index < -0.39 is 0 Å². The van der Waals surface area contributed by atoms with Crippen LogP contribution in [0.1, 0.15) is 26.0 Å². The molecule has 1 heterocycles. The monoisotopic (exact) mass is 271 g/mol. The fourth-order valence-electron chi connectivity index (χ4n) is 1.76. The summed E-state index contributed by atoms with van der Waals surface area (Å²) in [6, 6.07) is 0. The summed E-state index contributed by atoms with van der Waals surface area (Å²) in [6.07, 6.45) is 1.16. The minimum atomic E-state index is 0.227. The van der Waals surface area contributed by atoms with Crippen LogP contribution in [0.5, 0.6) is 0 Å². The molecule has 0 unspecified atom stereocenters. The molecule has 0 bridgehead atoms. The second kappa shape index (κ2) is 7.38. The van der Waals surface area contributed by atoms with Gasteiger partial charge in [-0.25, -0.2) is 4.98 Å². The van der Waals surface area contributed by atoms with Crippen LogP contribution in [0.4, 0.5) is 11.5 Å². The van der Waals surface area contributed by atoms with Crippen molar-refractivity contribution in [3.8, 4) is 0 Å². The van der Waals surface area contributed by atoms with E-state index in [4.69, 9.17) is 17.3 Å². The Morgan fingerprint density at radius 1 is 1.28 bits per heavy atom. The van der Waals surface area contributed by atoms with Crippen LogP contribution in [0.3, 0.4) is 0 Å². The molecular weight excluding hydrogens is 250 g/mol. The summed E-state index contributed by atoms with van der Waals surface area (Å²) in [7, 11) is 0. The number of anilines is 2. The van der Waals surface area contributed by atoms with Gasteiger partial charge in [-0.3, -0.25) is 0 Å². The number of hydrogen-bond acceptors (Lipinski definition) is 5. The Morgan fingerprint density at radius 2 is 2.00 bits per heavy atom. The zero-order chi connectivity index (χ0) is 13.5. The number of halogens is 1. The SMILES string of the molecule is CCCN(CC)CCNc1nc(Cl)nc(C)c1N. The van der Waals surface area contributed by atoms with E-state index >= 15 is 0 Å². The summed E-state index contributed by atoms with van der Waals surface area (Å²) in [5.74, 6) is 0.625. The molecule has 0 radical (unpaired) electrons. The van der Waals surface area contributed by atoms with Crippen LogP contribution in [-0.4, -0.2) is 41.0 Å². The first-order valence-electron chi connectivity index (χ1n) is 6.34. The van der Waals surface area contributed by atoms with Gasteiger partial charge in [-0.05, 0) is 38.0 Å². The standard InChI is InChI=1S/C12H22ClN5/c1-4-7-18(5-2)8-6-15-11-10(14)9(3)16-12(13)17-11/h4-8,14H2,1-3H3,(H,15,16,17). The molecule has 102 valence electrons. The number of nitrogens with zero attached hydrogens (tertiary/aromatic N) is 3. The van der Waals surface area contributed by atoms with Crippen molar-refractivity contribution < 1.29 is 0 Å². The Bertz CT molecular complexity index is 383. The smallest absolute Gasteiger partial charge is 0.224 e. The van der Waals surface area contributed by atoms with Crippen LogP contribution in [0.15, 0.2) is 0 Å². The number of rotatable bonds is 7. The van der Waals surface area contributed by atoms with Gasteiger partial charge < -0.3 is 16.0 Å². The first kappa shape index (κ1) is 15.0. The highest BCUT2D eigenvalue weighted by molar-refractivity contribution is 6.28. The van der Waals surface area contributed by atoms with Gasteiger partial charge in [-0.15, -0.1) is 0 Å². The van der Waals surface area contributed by atoms with Crippen LogP contribution < -0.4 is 11.1 Å². The van der Waals surface area contributed by atoms with Crippen molar-refractivity contribution in [2.45, 2.75) is 27.2 Å². The number of aromatic nitrogens is 2. The Balaban J connectivity index is 2.53. The van der Waals surface area contributed by atoms with E-state index in [2.05, 4.69) is 34.0 Å². The molecule has 3 N–H and O–H groups in total. The van der Waals surface area contributed by atoms with Gasteiger partial charge in [-0.2, -0.15) is 4.98 Å². The molecule has 0 saturated carbocycles. The first-order chi connectivity index (χ1) is 8.58. The van der Waals surface area contributed by atoms with Crippen molar-refractivity contribution in [1.82, 2.24) is 14.9 Å². The molecular formula is C12H22ClN5. The molecule has 0 saturated heterocycles. The lowest BCUT2D eigenvalue weighted by atomic mass is 10.3. The van der Waals surface area contributed by atoms with Crippen LogP contribution in [0.2, 0.25) is 5.28 Å².